The smallest absolute Gasteiger partial charge is 0.410 e. The Balaban J connectivity index is 1.71. The van der Waals surface area contributed by atoms with E-state index in [9.17, 15) is 13.2 Å². The van der Waals surface area contributed by atoms with Gasteiger partial charge in [-0.1, -0.05) is 36.4 Å². The molecule has 1 aliphatic rings. The number of carbonyl (C=O) groups excluding carboxylic acids is 1. The minimum absolute atomic E-state index is 0.140. The van der Waals surface area contributed by atoms with E-state index in [1.807, 2.05) is 54.1 Å². The molecule has 1 aliphatic heterocycles. The number of aryl methyl sites for hydroxylation is 1. The molecule has 0 saturated carbocycles. The summed E-state index contributed by atoms with van der Waals surface area (Å²) >= 11 is 0. The van der Waals surface area contributed by atoms with Gasteiger partial charge in [0.1, 0.15) is 6.61 Å². The number of ether oxygens (including phenoxy) is 1. The van der Waals surface area contributed by atoms with Crippen molar-refractivity contribution in [3.8, 4) is 0 Å². The maximum atomic E-state index is 12.6. The van der Waals surface area contributed by atoms with Crippen molar-refractivity contribution in [3.05, 3.63) is 60.2 Å². The molecule has 2 atom stereocenters. The van der Waals surface area contributed by atoms with Crippen LogP contribution in [0, 0.1) is 0 Å². The second kappa shape index (κ2) is 8.57. The molecule has 1 aromatic carbocycles. The van der Waals surface area contributed by atoms with Crippen molar-refractivity contribution < 1.29 is 22.1 Å². The van der Waals surface area contributed by atoms with Gasteiger partial charge in [0.25, 0.3) is 10.1 Å². The molecule has 0 radical (unpaired) electrons. The lowest BCUT2D eigenvalue weighted by Crippen LogP contribution is -2.35. The highest BCUT2D eigenvalue weighted by Gasteiger charge is 2.37. The van der Waals surface area contributed by atoms with Gasteiger partial charge in [-0.05, 0) is 11.6 Å². The third kappa shape index (κ3) is 5.43. The first kappa shape index (κ1) is 20.1. The van der Waals surface area contributed by atoms with Gasteiger partial charge >= 0.3 is 6.09 Å². The van der Waals surface area contributed by atoms with E-state index in [0.29, 0.717) is 6.42 Å². The molecule has 0 unspecified atom stereocenters. The summed E-state index contributed by atoms with van der Waals surface area (Å²) in [6, 6.07) is 9.02. The van der Waals surface area contributed by atoms with Crippen molar-refractivity contribution in [1.29, 1.82) is 0 Å². The second-order valence-electron chi connectivity index (χ2n) is 6.71. The van der Waals surface area contributed by atoms with Crippen LogP contribution < -0.4 is 0 Å². The van der Waals surface area contributed by atoms with E-state index >= 15 is 0 Å². The zero-order valence-corrected chi connectivity index (χ0v) is 16.6. The van der Waals surface area contributed by atoms with Crippen molar-refractivity contribution in [3.63, 3.8) is 0 Å². The fourth-order valence-corrected chi connectivity index (χ4v) is 3.71. The highest BCUT2D eigenvalue weighted by atomic mass is 32.2. The van der Waals surface area contributed by atoms with Gasteiger partial charge < -0.3 is 9.30 Å². The minimum Gasteiger partial charge on any atom is -0.445 e. The fraction of sp³-hybridized carbons (Fsp3) is 0.368. The van der Waals surface area contributed by atoms with E-state index in [2.05, 4.69) is 4.98 Å². The van der Waals surface area contributed by atoms with E-state index in [1.54, 1.807) is 12.5 Å². The van der Waals surface area contributed by atoms with Crippen molar-refractivity contribution in [1.82, 2.24) is 14.5 Å². The summed E-state index contributed by atoms with van der Waals surface area (Å²) in [7, 11) is -1.75. The molecule has 28 heavy (non-hydrogen) atoms. The average Bonchev–Trinajstić information content (AvgIpc) is 3.23. The van der Waals surface area contributed by atoms with Crippen LogP contribution in [0.4, 0.5) is 4.79 Å². The zero-order chi connectivity index (χ0) is 20.1. The molecule has 150 valence electrons. The van der Waals surface area contributed by atoms with Gasteiger partial charge in [0.2, 0.25) is 0 Å². The number of hydrogen-bond donors (Lipinski definition) is 0. The Hall–Kier alpha value is -2.65. The first-order chi connectivity index (χ1) is 13.3. The van der Waals surface area contributed by atoms with Crippen molar-refractivity contribution in [2.45, 2.75) is 25.2 Å². The molecule has 1 amide bonds. The molecular formula is C19H23N3O5S. The van der Waals surface area contributed by atoms with Crippen LogP contribution in [0.2, 0.25) is 0 Å². The predicted octanol–water partition coefficient (Wildman–Crippen LogP) is 2.19. The summed E-state index contributed by atoms with van der Waals surface area (Å²) in [6.45, 7) is 0.285. The molecule has 9 heteroatoms. The normalized spacial score (nSPS) is 20.0. The number of nitrogens with zero attached hydrogens (tertiary/aromatic N) is 3. The largest absolute Gasteiger partial charge is 0.445 e. The van der Waals surface area contributed by atoms with E-state index in [4.69, 9.17) is 8.92 Å². The molecule has 2 heterocycles. The third-order valence-electron chi connectivity index (χ3n) is 4.40. The summed E-state index contributed by atoms with van der Waals surface area (Å²) in [4.78, 5) is 18.2. The predicted molar refractivity (Wildman–Crippen MR) is 104 cm³/mol. The number of hydrogen-bond acceptors (Lipinski definition) is 6. The summed E-state index contributed by atoms with van der Waals surface area (Å²) in [5.41, 5.74) is 1.74. The highest BCUT2D eigenvalue weighted by Crippen LogP contribution is 2.24. The Kier molecular flexibility index (Phi) is 6.15. The molecule has 0 aliphatic carbocycles. The van der Waals surface area contributed by atoms with Crippen LogP contribution in [0.15, 0.2) is 48.9 Å². The molecule has 0 bridgehead atoms. The topological polar surface area (TPSA) is 90.7 Å². The molecule has 0 spiro atoms. The Labute approximate surface area is 164 Å². The van der Waals surface area contributed by atoms with Gasteiger partial charge in [-0.3, -0.25) is 9.08 Å². The Morgan fingerprint density at radius 1 is 1.32 bits per heavy atom. The highest BCUT2D eigenvalue weighted by molar-refractivity contribution is 7.86. The Morgan fingerprint density at radius 2 is 2.07 bits per heavy atom. The number of carbonyl (C=O) groups is 1. The van der Waals surface area contributed by atoms with Crippen LogP contribution in [-0.4, -0.2) is 53.9 Å². The monoisotopic (exact) mass is 405 g/mol. The Morgan fingerprint density at radius 3 is 2.71 bits per heavy atom. The van der Waals surface area contributed by atoms with Crippen LogP contribution in [0.3, 0.4) is 0 Å². The van der Waals surface area contributed by atoms with E-state index in [1.165, 1.54) is 4.90 Å². The van der Waals surface area contributed by atoms with E-state index in [0.717, 1.165) is 17.5 Å². The standard InChI is InChI=1S/C19H23N3O5S/c1-21-14-20-11-17(21)9-8-16-10-18(27-28(2,24)25)12-22(16)19(23)26-13-15-6-4-3-5-7-15/h3-9,11,14,16,18H,10,12-13H2,1-2H3/t16-,18-/m1/s1. The molecule has 0 N–H and O–H groups in total. The number of imidazole rings is 1. The lowest BCUT2D eigenvalue weighted by Gasteiger charge is -2.21. The summed E-state index contributed by atoms with van der Waals surface area (Å²) in [5.74, 6) is 0. The van der Waals surface area contributed by atoms with Crippen LogP contribution in [0.25, 0.3) is 6.08 Å². The van der Waals surface area contributed by atoms with Crippen LogP contribution in [-0.2, 0) is 32.7 Å². The van der Waals surface area contributed by atoms with Crippen molar-refractivity contribution >= 4 is 22.3 Å². The van der Waals surface area contributed by atoms with Gasteiger partial charge in [0.15, 0.2) is 0 Å². The molecular weight excluding hydrogens is 382 g/mol. The third-order valence-corrected chi connectivity index (χ3v) is 5.02. The lowest BCUT2D eigenvalue weighted by molar-refractivity contribution is 0.0938. The number of aromatic nitrogens is 2. The van der Waals surface area contributed by atoms with Gasteiger partial charge in [-0.2, -0.15) is 8.42 Å². The zero-order valence-electron chi connectivity index (χ0n) is 15.8. The quantitative estimate of drug-likeness (QED) is 0.685. The number of amides is 1. The summed E-state index contributed by atoms with van der Waals surface area (Å²) in [5, 5.41) is 0. The molecule has 1 aromatic heterocycles. The van der Waals surface area contributed by atoms with Crippen LogP contribution in [0.5, 0.6) is 0 Å². The van der Waals surface area contributed by atoms with Gasteiger partial charge in [-0.15, -0.1) is 0 Å². The molecule has 8 nitrogen and oxygen atoms in total. The number of likely N-dealkylation sites (tertiary alicyclic amines) is 1. The summed E-state index contributed by atoms with van der Waals surface area (Å²) < 4.78 is 35.3. The first-order valence-corrected chi connectivity index (χ1v) is 10.6. The fourth-order valence-electron chi connectivity index (χ4n) is 3.08. The molecule has 3 rings (SSSR count). The summed E-state index contributed by atoms with van der Waals surface area (Å²) in [6.07, 6.45) is 7.31. The second-order valence-corrected chi connectivity index (χ2v) is 8.31. The van der Waals surface area contributed by atoms with Gasteiger partial charge in [0.05, 0.1) is 43.2 Å². The maximum Gasteiger partial charge on any atom is 0.410 e. The molecule has 1 saturated heterocycles. The lowest BCUT2D eigenvalue weighted by atomic mass is 10.2. The molecule has 1 fully saturated rings. The van der Waals surface area contributed by atoms with Crippen molar-refractivity contribution in [2.75, 3.05) is 12.8 Å². The maximum absolute atomic E-state index is 12.6. The average molecular weight is 405 g/mol. The van der Waals surface area contributed by atoms with Gasteiger partial charge in [-0.25, -0.2) is 9.78 Å². The molecule has 2 aromatic rings. The van der Waals surface area contributed by atoms with E-state index < -0.39 is 22.3 Å². The first-order valence-electron chi connectivity index (χ1n) is 8.82. The van der Waals surface area contributed by atoms with Crippen LogP contribution in [0.1, 0.15) is 17.7 Å². The van der Waals surface area contributed by atoms with E-state index in [-0.39, 0.29) is 19.2 Å². The Bertz CT molecular complexity index is 939. The van der Waals surface area contributed by atoms with Crippen molar-refractivity contribution in [2.24, 2.45) is 7.05 Å². The van der Waals surface area contributed by atoms with Crippen LogP contribution >= 0.6 is 0 Å². The minimum atomic E-state index is -3.62. The SMILES string of the molecule is Cn1cncc1C=C[C@@H]1C[C@@H](OS(C)(=O)=O)CN1C(=O)OCc1ccccc1. The van der Waals surface area contributed by atoms with Gasteiger partial charge in [0, 0.05) is 13.5 Å². The number of benzene rings is 1. The number of rotatable bonds is 6.